The number of benzene rings is 2. The highest BCUT2D eigenvalue weighted by Crippen LogP contribution is 2.40. The van der Waals surface area contributed by atoms with Crippen LogP contribution in [0, 0.1) is 6.92 Å². The van der Waals surface area contributed by atoms with E-state index in [0.717, 1.165) is 16.7 Å². The third-order valence-electron chi connectivity index (χ3n) is 3.64. The first kappa shape index (κ1) is 16.0. The van der Waals surface area contributed by atoms with E-state index >= 15 is 0 Å². The summed E-state index contributed by atoms with van der Waals surface area (Å²) in [6.07, 6.45) is 1.68. The van der Waals surface area contributed by atoms with Crippen LogP contribution in [0.3, 0.4) is 0 Å². The predicted octanol–water partition coefficient (Wildman–Crippen LogP) is 5.16. The lowest BCUT2D eigenvalue weighted by molar-refractivity contribution is 0.174. The van der Waals surface area contributed by atoms with E-state index in [9.17, 15) is 0 Å². The van der Waals surface area contributed by atoms with E-state index in [1.165, 1.54) is 0 Å². The van der Waals surface area contributed by atoms with Crippen LogP contribution < -0.4 is 9.47 Å². The standard InChI is InChI=1S/C18H12Cl2N2O3/c1-10-3-2-4-12(5-10)17-21-22-18(25-17)14(20)7-11-6-13(19)16-15(8-11)23-9-24-16/h2-8H,9H2,1H3/b14-7-. The summed E-state index contributed by atoms with van der Waals surface area (Å²) >= 11 is 12.5. The Labute approximate surface area is 153 Å². The SMILES string of the molecule is Cc1cccc(-c2nnc(/C(Cl)=C/c3cc(Cl)c4c(c3)OCO4)o2)c1. The summed E-state index contributed by atoms with van der Waals surface area (Å²) in [5, 5.41) is 8.82. The Bertz CT molecular complexity index is 982. The molecule has 5 nitrogen and oxygen atoms in total. The molecule has 0 spiro atoms. The van der Waals surface area contributed by atoms with Crippen molar-refractivity contribution in [3.05, 3.63) is 58.4 Å². The van der Waals surface area contributed by atoms with Crippen LogP contribution in [0.25, 0.3) is 22.6 Å². The van der Waals surface area contributed by atoms with Crippen molar-refractivity contribution in [1.29, 1.82) is 0 Å². The molecule has 0 fully saturated rings. The van der Waals surface area contributed by atoms with Gasteiger partial charge in [-0.1, -0.05) is 40.9 Å². The number of rotatable bonds is 3. The first-order chi connectivity index (χ1) is 12.1. The van der Waals surface area contributed by atoms with Gasteiger partial charge in [-0.3, -0.25) is 0 Å². The number of ether oxygens (including phenoxy) is 2. The van der Waals surface area contributed by atoms with E-state index in [2.05, 4.69) is 10.2 Å². The molecule has 0 saturated heterocycles. The molecule has 7 heteroatoms. The number of aromatic nitrogens is 2. The van der Waals surface area contributed by atoms with Gasteiger partial charge in [-0.05, 0) is 42.8 Å². The average molecular weight is 375 g/mol. The molecule has 4 rings (SSSR count). The van der Waals surface area contributed by atoms with Crippen LogP contribution in [0.15, 0.2) is 40.8 Å². The molecule has 1 aliphatic heterocycles. The predicted molar refractivity (Wildman–Crippen MR) is 95.8 cm³/mol. The second-order valence-electron chi connectivity index (χ2n) is 5.51. The van der Waals surface area contributed by atoms with E-state index in [-0.39, 0.29) is 12.7 Å². The van der Waals surface area contributed by atoms with Crippen molar-refractivity contribution in [2.24, 2.45) is 0 Å². The van der Waals surface area contributed by atoms with Gasteiger partial charge >= 0.3 is 0 Å². The van der Waals surface area contributed by atoms with Gasteiger partial charge in [0, 0.05) is 5.56 Å². The molecule has 0 N–H and O–H groups in total. The van der Waals surface area contributed by atoms with Crippen LogP contribution in [0.1, 0.15) is 17.0 Å². The molecular weight excluding hydrogens is 363 g/mol. The Morgan fingerprint density at radius 1 is 1.16 bits per heavy atom. The summed E-state index contributed by atoms with van der Waals surface area (Å²) in [7, 11) is 0. The molecule has 25 heavy (non-hydrogen) atoms. The van der Waals surface area contributed by atoms with E-state index in [1.54, 1.807) is 18.2 Å². The van der Waals surface area contributed by atoms with E-state index in [1.807, 2.05) is 31.2 Å². The van der Waals surface area contributed by atoms with Crippen LogP contribution >= 0.6 is 23.2 Å². The normalized spacial score (nSPS) is 13.3. The van der Waals surface area contributed by atoms with Crippen LogP contribution in [0.4, 0.5) is 0 Å². The number of halogens is 2. The second-order valence-corrected chi connectivity index (χ2v) is 6.33. The van der Waals surface area contributed by atoms with Gasteiger partial charge in [0.2, 0.25) is 12.7 Å². The smallest absolute Gasteiger partial charge is 0.259 e. The van der Waals surface area contributed by atoms with Gasteiger partial charge in [0.15, 0.2) is 11.5 Å². The van der Waals surface area contributed by atoms with Crippen LogP contribution in [-0.4, -0.2) is 17.0 Å². The highest BCUT2D eigenvalue weighted by Gasteiger charge is 2.18. The van der Waals surface area contributed by atoms with Gasteiger partial charge in [-0.2, -0.15) is 0 Å². The van der Waals surface area contributed by atoms with Crippen molar-refractivity contribution in [3.8, 4) is 23.0 Å². The monoisotopic (exact) mass is 374 g/mol. The molecule has 1 aliphatic rings. The molecule has 0 radical (unpaired) electrons. The molecule has 0 amide bonds. The molecule has 0 unspecified atom stereocenters. The summed E-state index contributed by atoms with van der Waals surface area (Å²) in [4.78, 5) is 0. The molecule has 0 saturated carbocycles. The minimum absolute atomic E-state index is 0.152. The van der Waals surface area contributed by atoms with Crippen molar-refractivity contribution >= 4 is 34.3 Å². The minimum Gasteiger partial charge on any atom is -0.454 e. The van der Waals surface area contributed by atoms with Gasteiger partial charge in [-0.25, -0.2) is 0 Å². The highest BCUT2D eigenvalue weighted by molar-refractivity contribution is 6.50. The number of hydrogen-bond acceptors (Lipinski definition) is 5. The molecule has 3 aromatic rings. The summed E-state index contributed by atoms with van der Waals surface area (Å²) in [5.74, 6) is 1.75. The fraction of sp³-hybridized carbons (Fsp3) is 0.111. The zero-order valence-electron chi connectivity index (χ0n) is 13.1. The topological polar surface area (TPSA) is 57.4 Å². The number of nitrogens with zero attached hydrogens (tertiary/aromatic N) is 2. The van der Waals surface area contributed by atoms with Gasteiger partial charge in [-0.15, -0.1) is 10.2 Å². The lowest BCUT2D eigenvalue weighted by Crippen LogP contribution is -1.93. The maximum Gasteiger partial charge on any atom is 0.259 e. The lowest BCUT2D eigenvalue weighted by Gasteiger charge is -2.01. The fourth-order valence-corrected chi connectivity index (χ4v) is 2.97. The summed E-state index contributed by atoms with van der Waals surface area (Å²) in [6.45, 7) is 2.15. The third-order valence-corrected chi connectivity index (χ3v) is 4.19. The number of fused-ring (bicyclic) bond motifs is 1. The van der Waals surface area contributed by atoms with E-state index < -0.39 is 0 Å². The summed E-state index contributed by atoms with van der Waals surface area (Å²) in [6, 6.07) is 11.3. The Morgan fingerprint density at radius 3 is 2.88 bits per heavy atom. The third kappa shape index (κ3) is 3.21. The fourth-order valence-electron chi connectivity index (χ4n) is 2.49. The zero-order chi connectivity index (χ0) is 17.4. The number of hydrogen-bond donors (Lipinski definition) is 0. The van der Waals surface area contributed by atoms with E-state index in [4.69, 9.17) is 37.1 Å². The quantitative estimate of drug-likeness (QED) is 0.633. The molecule has 126 valence electrons. The maximum atomic E-state index is 6.33. The van der Waals surface area contributed by atoms with Crippen molar-refractivity contribution < 1.29 is 13.9 Å². The van der Waals surface area contributed by atoms with Gasteiger partial charge in [0.25, 0.3) is 5.89 Å². The summed E-state index contributed by atoms with van der Waals surface area (Å²) in [5.41, 5.74) is 2.69. The molecule has 0 atom stereocenters. The minimum atomic E-state index is 0.152. The Balaban J connectivity index is 1.64. The van der Waals surface area contributed by atoms with Crippen molar-refractivity contribution in [1.82, 2.24) is 10.2 Å². The molecule has 0 bridgehead atoms. The molecule has 0 aliphatic carbocycles. The molecular formula is C18H12Cl2N2O3. The molecule has 2 aromatic carbocycles. The molecule has 2 heterocycles. The van der Waals surface area contributed by atoms with Gasteiger partial charge in [0.05, 0.1) is 5.02 Å². The average Bonchev–Trinajstić information content (AvgIpc) is 3.24. The Kier molecular flexibility index (Phi) is 4.11. The van der Waals surface area contributed by atoms with Crippen molar-refractivity contribution in [2.45, 2.75) is 6.92 Å². The molecule has 1 aromatic heterocycles. The zero-order valence-corrected chi connectivity index (χ0v) is 14.6. The van der Waals surface area contributed by atoms with Crippen molar-refractivity contribution in [2.75, 3.05) is 6.79 Å². The highest BCUT2D eigenvalue weighted by atomic mass is 35.5. The first-order valence-electron chi connectivity index (χ1n) is 7.47. The van der Waals surface area contributed by atoms with Crippen LogP contribution in [-0.2, 0) is 0 Å². The van der Waals surface area contributed by atoms with Crippen molar-refractivity contribution in [3.63, 3.8) is 0 Å². The Morgan fingerprint density at radius 2 is 2.04 bits per heavy atom. The Hall–Kier alpha value is -2.50. The first-order valence-corrected chi connectivity index (χ1v) is 8.23. The van der Waals surface area contributed by atoms with Crippen LogP contribution in [0.5, 0.6) is 11.5 Å². The maximum absolute atomic E-state index is 6.33. The summed E-state index contributed by atoms with van der Waals surface area (Å²) < 4.78 is 16.3. The largest absolute Gasteiger partial charge is 0.454 e. The second kappa shape index (κ2) is 6.43. The van der Waals surface area contributed by atoms with Gasteiger partial charge < -0.3 is 13.9 Å². The van der Waals surface area contributed by atoms with Gasteiger partial charge in [0.1, 0.15) is 5.03 Å². The number of aryl methyl sites for hydroxylation is 1. The lowest BCUT2D eigenvalue weighted by atomic mass is 10.1. The van der Waals surface area contributed by atoms with E-state index in [0.29, 0.717) is 27.4 Å². The van der Waals surface area contributed by atoms with Crippen LogP contribution in [0.2, 0.25) is 5.02 Å².